The summed E-state index contributed by atoms with van der Waals surface area (Å²) < 4.78 is 18.9. The number of benzene rings is 2. The highest BCUT2D eigenvalue weighted by molar-refractivity contribution is 5.94. The first-order valence-electron chi connectivity index (χ1n) is 9.80. The molecule has 31 heavy (non-hydrogen) atoms. The highest BCUT2D eigenvalue weighted by Gasteiger charge is 2.20. The third-order valence-electron chi connectivity index (χ3n) is 5.42. The maximum atomic E-state index is 13.4. The molecule has 1 amide bonds. The molecule has 1 atom stereocenters. The van der Waals surface area contributed by atoms with Crippen LogP contribution in [0.25, 0.3) is 11.0 Å². The zero-order valence-electron chi connectivity index (χ0n) is 17.5. The predicted molar refractivity (Wildman–Crippen MR) is 124 cm³/mol. The fourth-order valence-electron chi connectivity index (χ4n) is 3.90. The Hall–Kier alpha value is -2.35. The number of rotatable bonds is 6. The minimum atomic E-state index is -0.319. The monoisotopic (exact) mass is 468 g/mol. The molecule has 0 aliphatic carbocycles. The molecule has 2 aromatic carbocycles. The molecule has 0 bridgehead atoms. The topological polar surface area (TPSA) is 70.2 Å². The summed E-state index contributed by atoms with van der Waals surface area (Å²) in [4.78, 5) is 22.1. The van der Waals surface area contributed by atoms with Gasteiger partial charge in [-0.1, -0.05) is 0 Å². The van der Waals surface area contributed by atoms with Gasteiger partial charge < -0.3 is 19.9 Å². The maximum Gasteiger partial charge on any atom is 0.254 e. The van der Waals surface area contributed by atoms with Gasteiger partial charge >= 0.3 is 0 Å². The van der Waals surface area contributed by atoms with E-state index in [1.54, 1.807) is 31.2 Å². The van der Waals surface area contributed by atoms with Gasteiger partial charge in [-0.2, -0.15) is 0 Å². The standard InChI is InChI=1S/C22H25FN4O2.2ClH/c1-27(13-21-25-18-5-4-17(23)11-19(18)26-21)22(28)15-3-6-20(29-2)16(10-15)9-14-7-8-24-12-14;;/h3-6,10-11,14,24H,7-9,12-13H2,1-2H3,(H,25,26);2*1H. The van der Waals surface area contributed by atoms with Gasteiger partial charge in [0.25, 0.3) is 5.91 Å². The summed E-state index contributed by atoms with van der Waals surface area (Å²) in [7, 11) is 3.39. The normalized spacial score (nSPS) is 15.3. The Morgan fingerprint density at radius 3 is 2.77 bits per heavy atom. The van der Waals surface area contributed by atoms with Gasteiger partial charge in [-0.15, -0.1) is 24.8 Å². The van der Waals surface area contributed by atoms with E-state index in [1.165, 1.54) is 12.1 Å². The lowest BCUT2D eigenvalue weighted by molar-refractivity contribution is 0.0782. The molecule has 1 aliphatic rings. The van der Waals surface area contributed by atoms with Gasteiger partial charge in [0, 0.05) is 12.6 Å². The number of nitrogens with one attached hydrogen (secondary N) is 2. The second kappa shape index (κ2) is 10.8. The van der Waals surface area contributed by atoms with Crippen molar-refractivity contribution in [3.63, 3.8) is 0 Å². The molecule has 1 saturated heterocycles. The first-order valence-corrected chi connectivity index (χ1v) is 9.80. The van der Waals surface area contributed by atoms with E-state index in [0.29, 0.717) is 34.9 Å². The van der Waals surface area contributed by atoms with Crippen molar-refractivity contribution in [2.24, 2.45) is 5.92 Å². The number of fused-ring (bicyclic) bond motifs is 1. The lowest BCUT2D eigenvalue weighted by atomic mass is 9.96. The smallest absolute Gasteiger partial charge is 0.254 e. The number of hydrogen-bond donors (Lipinski definition) is 2. The summed E-state index contributed by atoms with van der Waals surface area (Å²) >= 11 is 0. The minimum Gasteiger partial charge on any atom is -0.496 e. The molecule has 1 aliphatic heterocycles. The van der Waals surface area contributed by atoms with Crippen molar-refractivity contribution < 1.29 is 13.9 Å². The number of ether oxygens (including phenoxy) is 1. The number of halogens is 3. The van der Waals surface area contributed by atoms with E-state index in [-0.39, 0.29) is 36.5 Å². The van der Waals surface area contributed by atoms with Crippen molar-refractivity contribution in [1.82, 2.24) is 20.2 Å². The summed E-state index contributed by atoms with van der Waals surface area (Å²) in [5, 5.41) is 3.38. The van der Waals surface area contributed by atoms with Gasteiger partial charge in [0.1, 0.15) is 17.4 Å². The van der Waals surface area contributed by atoms with Crippen molar-refractivity contribution >= 4 is 41.8 Å². The molecule has 0 radical (unpaired) electrons. The van der Waals surface area contributed by atoms with E-state index in [9.17, 15) is 9.18 Å². The quantitative estimate of drug-likeness (QED) is 0.573. The molecule has 0 spiro atoms. The van der Waals surface area contributed by atoms with E-state index >= 15 is 0 Å². The van der Waals surface area contributed by atoms with E-state index in [2.05, 4.69) is 15.3 Å². The van der Waals surface area contributed by atoms with E-state index in [4.69, 9.17) is 4.74 Å². The van der Waals surface area contributed by atoms with Crippen LogP contribution in [0.3, 0.4) is 0 Å². The fourth-order valence-corrected chi connectivity index (χ4v) is 3.90. The zero-order valence-corrected chi connectivity index (χ0v) is 19.1. The van der Waals surface area contributed by atoms with Gasteiger partial charge in [0.2, 0.25) is 0 Å². The SMILES string of the molecule is COc1ccc(C(=O)N(C)Cc2nc3ccc(F)cc3[nH]2)cc1CC1CCNC1.Cl.Cl. The average molecular weight is 469 g/mol. The zero-order chi connectivity index (χ0) is 20.4. The van der Waals surface area contributed by atoms with Crippen LogP contribution in [-0.4, -0.2) is 48.0 Å². The Balaban J connectivity index is 0.00000171. The van der Waals surface area contributed by atoms with Gasteiger partial charge in [-0.05, 0) is 73.8 Å². The number of hydrogen-bond acceptors (Lipinski definition) is 4. The predicted octanol–water partition coefficient (Wildman–Crippen LogP) is 3.98. The summed E-state index contributed by atoms with van der Waals surface area (Å²) in [5.74, 6) is 1.58. The van der Waals surface area contributed by atoms with Crippen LogP contribution in [0.15, 0.2) is 36.4 Å². The largest absolute Gasteiger partial charge is 0.496 e. The van der Waals surface area contributed by atoms with Crippen LogP contribution in [0.4, 0.5) is 4.39 Å². The Bertz CT molecular complexity index is 1040. The first kappa shape index (κ1) is 24.9. The lowest BCUT2D eigenvalue weighted by Crippen LogP contribution is -2.27. The molecule has 6 nitrogen and oxygen atoms in total. The maximum absolute atomic E-state index is 13.4. The number of carbonyl (C=O) groups excluding carboxylic acids is 1. The minimum absolute atomic E-state index is 0. The molecular formula is C22H27Cl2FN4O2. The molecule has 1 aromatic heterocycles. The first-order chi connectivity index (χ1) is 14.0. The Morgan fingerprint density at radius 1 is 1.26 bits per heavy atom. The van der Waals surface area contributed by atoms with Crippen LogP contribution in [0.2, 0.25) is 0 Å². The number of H-pyrrole nitrogens is 1. The van der Waals surface area contributed by atoms with Gasteiger partial charge in [-0.3, -0.25) is 4.79 Å². The summed E-state index contributed by atoms with van der Waals surface area (Å²) in [5.41, 5.74) is 2.98. The van der Waals surface area contributed by atoms with Crippen LogP contribution in [0, 0.1) is 11.7 Å². The van der Waals surface area contributed by atoms with Crippen LogP contribution in [0.1, 0.15) is 28.2 Å². The van der Waals surface area contributed by atoms with Crippen molar-refractivity contribution in [3.8, 4) is 5.75 Å². The highest BCUT2D eigenvalue weighted by Crippen LogP contribution is 2.26. The fraction of sp³-hybridized carbons (Fsp3) is 0.364. The van der Waals surface area contributed by atoms with Crippen molar-refractivity contribution in [2.75, 3.05) is 27.2 Å². The summed E-state index contributed by atoms with van der Waals surface area (Å²) in [6.45, 7) is 2.34. The number of nitrogens with zero attached hydrogens (tertiary/aromatic N) is 2. The van der Waals surface area contributed by atoms with Crippen LogP contribution in [-0.2, 0) is 13.0 Å². The Morgan fingerprint density at radius 2 is 2.06 bits per heavy atom. The third kappa shape index (κ3) is 5.67. The van der Waals surface area contributed by atoms with Crippen molar-refractivity contribution in [3.05, 3.63) is 59.2 Å². The van der Waals surface area contributed by atoms with Crippen molar-refractivity contribution in [1.29, 1.82) is 0 Å². The molecule has 2 N–H and O–H groups in total. The molecule has 9 heteroatoms. The van der Waals surface area contributed by atoms with Crippen LogP contribution >= 0.6 is 24.8 Å². The number of amides is 1. The number of aromatic amines is 1. The van der Waals surface area contributed by atoms with Crippen LogP contribution < -0.4 is 10.1 Å². The number of carbonyl (C=O) groups is 1. The second-order valence-electron chi connectivity index (χ2n) is 7.60. The van der Waals surface area contributed by atoms with Gasteiger partial charge in [0.15, 0.2) is 0 Å². The number of imidazole rings is 1. The second-order valence-corrected chi connectivity index (χ2v) is 7.60. The summed E-state index contributed by atoms with van der Waals surface area (Å²) in [6.07, 6.45) is 2.02. The molecular weight excluding hydrogens is 442 g/mol. The summed E-state index contributed by atoms with van der Waals surface area (Å²) in [6, 6.07) is 10.00. The average Bonchev–Trinajstić information content (AvgIpc) is 3.36. The van der Waals surface area contributed by atoms with Crippen molar-refractivity contribution in [2.45, 2.75) is 19.4 Å². The van der Waals surface area contributed by atoms with Gasteiger partial charge in [0.05, 0.1) is 24.7 Å². The highest BCUT2D eigenvalue weighted by atomic mass is 35.5. The third-order valence-corrected chi connectivity index (χ3v) is 5.42. The van der Waals surface area contributed by atoms with E-state index < -0.39 is 0 Å². The molecule has 3 aromatic rings. The molecule has 1 fully saturated rings. The Kier molecular flexibility index (Phi) is 8.68. The molecule has 168 valence electrons. The molecule has 4 rings (SSSR count). The van der Waals surface area contributed by atoms with E-state index in [0.717, 1.165) is 37.2 Å². The van der Waals surface area contributed by atoms with Crippen LogP contribution in [0.5, 0.6) is 5.75 Å². The number of aromatic nitrogens is 2. The lowest BCUT2D eigenvalue weighted by Gasteiger charge is -2.18. The van der Waals surface area contributed by atoms with Gasteiger partial charge in [-0.25, -0.2) is 9.37 Å². The molecule has 0 saturated carbocycles. The molecule has 2 heterocycles. The van der Waals surface area contributed by atoms with E-state index in [1.807, 2.05) is 12.1 Å². The Labute approximate surface area is 193 Å². The number of methoxy groups -OCH3 is 1. The molecule has 1 unspecified atom stereocenters.